The van der Waals surface area contributed by atoms with Crippen molar-refractivity contribution in [2.24, 2.45) is 5.73 Å². The third-order valence-electron chi connectivity index (χ3n) is 5.78. The van der Waals surface area contributed by atoms with Crippen LogP contribution in [0.15, 0.2) is 53.5 Å². The number of benzene rings is 2. The predicted octanol–water partition coefficient (Wildman–Crippen LogP) is 3.04. The van der Waals surface area contributed by atoms with Crippen molar-refractivity contribution >= 4 is 29.2 Å². The van der Waals surface area contributed by atoms with E-state index in [4.69, 9.17) is 5.73 Å². The van der Waals surface area contributed by atoms with Gasteiger partial charge in [-0.3, -0.25) is 9.59 Å². The Morgan fingerprint density at radius 3 is 2.59 bits per heavy atom. The Morgan fingerprint density at radius 1 is 1.12 bits per heavy atom. The van der Waals surface area contributed by atoms with Crippen LogP contribution in [0.3, 0.4) is 0 Å². The third kappa shape index (κ3) is 4.42. The second-order valence-corrected chi connectivity index (χ2v) is 8.11. The lowest BCUT2D eigenvalue weighted by Gasteiger charge is -2.30. The summed E-state index contributed by atoms with van der Waals surface area (Å²) in [6.07, 6.45) is 3.36. The van der Waals surface area contributed by atoms with Gasteiger partial charge in [-0.05, 0) is 49.2 Å². The van der Waals surface area contributed by atoms with Gasteiger partial charge in [-0.1, -0.05) is 5.21 Å². The molecule has 8 nitrogen and oxygen atoms in total. The van der Waals surface area contributed by atoms with Crippen LogP contribution in [-0.4, -0.2) is 49.9 Å². The summed E-state index contributed by atoms with van der Waals surface area (Å²) in [6, 6.07) is 10.3. The zero-order valence-electron chi connectivity index (χ0n) is 17.9. The average molecular weight is 487 g/mol. The number of carbonyl (C=O) groups is 1. The molecule has 1 unspecified atom stereocenters. The van der Waals surface area contributed by atoms with Crippen LogP contribution in [-0.2, 0) is 0 Å². The molecule has 1 fully saturated rings. The molecule has 2 aromatic heterocycles. The number of aromatic amines is 1. The Hall–Kier alpha value is -3.63. The maximum absolute atomic E-state index is 13.6. The highest BCUT2D eigenvalue weighted by Gasteiger charge is 2.22. The quantitative estimate of drug-likeness (QED) is 0.462. The topological polar surface area (TPSA) is 110 Å². The van der Waals surface area contributed by atoms with Gasteiger partial charge in [-0.15, -0.1) is 17.5 Å². The highest BCUT2D eigenvalue weighted by atomic mass is 35.5. The maximum Gasteiger partial charge on any atom is 0.258 e. The van der Waals surface area contributed by atoms with E-state index in [1.54, 1.807) is 35.4 Å². The largest absolute Gasteiger partial charge is 0.337 e. The lowest BCUT2D eigenvalue weighted by Crippen LogP contribution is -2.45. The Labute approximate surface area is 198 Å². The number of amides is 1. The first-order valence-electron chi connectivity index (χ1n) is 10.5. The fourth-order valence-electron chi connectivity index (χ4n) is 4.04. The minimum absolute atomic E-state index is 0. The maximum atomic E-state index is 13.6. The molecule has 1 atom stereocenters. The molecule has 1 saturated heterocycles. The number of nitrogens with one attached hydrogen (secondary N) is 1. The van der Waals surface area contributed by atoms with Gasteiger partial charge in [-0.25, -0.2) is 13.5 Å². The molecule has 0 aliphatic carbocycles. The number of nitrogens with zero attached hydrogens (tertiary/aromatic N) is 4. The van der Waals surface area contributed by atoms with Crippen molar-refractivity contribution in [3.8, 4) is 16.9 Å². The van der Waals surface area contributed by atoms with Crippen LogP contribution in [0.25, 0.3) is 27.8 Å². The zero-order valence-corrected chi connectivity index (χ0v) is 18.7. The van der Waals surface area contributed by atoms with E-state index < -0.39 is 17.2 Å². The number of piperidine rings is 1. The smallest absolute Gasteiger partial charge is 0.258 e. The summed E-state index contributed by atoms with van der Waals surface area (Å²) >= 11 is 0. The van der Waals surface area contributed by atoms with Crippen molar-refractivity contribution in [1.82, 2.24) is 24.9 Å². The first-order chi connectivity index (χ1) is 15.9. The second kappa shape index (κ2) is 9.32. The molecule has 0 bridgehead atoms. The SMILES string of the molecule is Cl.NC1CCCN(C(=O)c2ccc(-n3cc(-c4cc5cc(F)c(F)cc5[nH]c4=O)nn3)cc2)C1. The summed E-state index contributed by atoms with van der Waals surface area (Å²) in [5.74, 6) is -2.12. The van der Waals surface area contributed by atoms with E-state index in [1.165, 1.54) is 10.7 Å². The van der Waals surface area contributed by atoms with Crippen molar-refractivity contribution in [3.05, 3.63) is 76.2 Å². The van der Waals surface area contributed by atoms with Gasteiger partial charge in [0, 0.05) is 36.1 Å². The van der Waals surface area contributed by atoms with E-state index in [-0.39, 0.29) is 41.1 Å². The molecule has 34 heavy (non-hydrogen) atoms. The van der Waals surface area contributed by atoms with Crippen molar-refractivity contribution in [2.75, 3.05) is 13.1 Å². The number of hydrogen-bond donors (Lipinski definition) is 2. The van der Waals surface area contributed by atoms with E-state index in [2.05, 4.69) is 15.3 Å². The minimum atomic E-state index is -1.04. The van der Waals surface area contributed by atoms with Crippen LogP contribution >= 0.6 is 12.4 Å². The van der Waals surface area contributed by atoms with Crippen LogP contribution in [0.5, 0.6) is 0 Å². The monoisotopic (exact) mass is 486 g/mol. The van der Waals surface area contributed by atoms with Crippen LogP contribution in [0.2, 0.25) is 0 Å². The number of rotatable bonds is 3. The Balaban J connectivity index is 0.00000274. The summed E-state index contributed by atoms with van der Waals surface area (Å²) < 4.78 is 28.5. The summed E-state index contributed by atoms with van der Waals surface area (Å²) in [4.78, 5) is 29.5. The molecule has 3 heterocycles. The van der Waals surface area contributed by atoms with Crippen LogP contribution in [0, 0.1) is 11.6 Å². The van der Waals surface area contributed by atoms with Gasteiger partial charge in [0.1, 0.15) is 5.69 Å². The molecule has 1 amide bonds. The lowest BCUT2D eigenvalue weighted by atomic mass is 10.1. The predicted molar refractivity (Wildman–Crippen MR) is 125 cm³/mol. The van der Waals surface area contributed by atoms with E-state index in [0.29, 0.717) is 29.7 Å². The molecule has 2 aromatic carbocycles. The Morgan fingerprint density at radius 2 is 1.85 bits per heavy atom. The average Bonchev–Trinajstić information content (AvgIpc) is 3.29. The number of likely N-dealkylation sites (tertiary alicyclic amines) is 1. The summed E-state index contributed by atoms with van der Waals surface area (Å²) in [5.41, 5.74) is 7.30. The highest BCUT2D eigenvalue weighted by Crippen LogP contribution is 2.21. The molecule has 5 rings (SSSR count). The normalized spacial score (nSPS) is 15.9. The van der Waals surface area contributed by atoms with E-state index in [9.17, 15) is 18.4 Å². The van der Waals surface area contributed by atoms with Crippen LogP contribution in [0.1, 0.15) is 23.2 Å². The third-order valence-corrected chi connectivity index (χ3v) is 5.78. The van der Waals surface area contributed by atoms with E-state index in [0.717, 1.165) is 25.0 Å². The van der Waals surface area contributed by atoms with Gasteiger partial charge in [0.05, 0.1) is 23.0 Å². The van der Waals surface area contributed by atoms with Crippen molar-refractivity contribution in [1.29, 1.82) is 0 Å². The molecular weight excluding hydrogens is 466 g/mol. The van der Waals surface area contributed by atoms with Crippen molar-refractivity contribution in [3.63, 3.8) is 0 Å². The van der Waals surface area contributed by atoms with Gasteiger partial charge < -0.3 is 15.6 Å². The molecule has 1 aliphatic rings. The minimum Gasteiger partial charge on any atom is -0.337 e. The number of nitrogens with two attached hydrogens (primary N) is 1. The standard InChI is InChI=1S/C23H20F2N6O2.ClH/c24-18-9-14-8-17(22(32)27-20(14)10-19(18)25)21-12-31(29-28-21)16-5-3-13(4-6-16)23(33)30-7-1-2-15(26)11-30;/h3-6,8-10,12,15H,1-2,7,11,26H2,(H,27,32);1H. The number of aromatic nitrogens is 4. The highest BCUT2D eigenvalue weighted by molar-refractivity contribution is 5.94. The number of halogens is 3. The van der Waals surface area contributed by atoms with Gasteiger partial charge in [-0.2, -0.15) is 0 Å². The molecule has 0 spiro atoms. The number of carbonyl (C=O) groups excluding carboxylic acids is 1. The van der Waals surface area contributed by atoms with Crippen LogP contribution in [0.4, 0.5) is 8.78 Å². The molecular formula is C23H21ClF2N6O2. The number of fused-ring (bicyclic) bond motifs is 1. The Kier molecular flexibility index (Phi) is 6.45. The molecule has 3 N–H and O–H groups in total. The lowest BCUT2D eigenvalue weighted by molar-refractivity contribution is 0.0709. The van der Waals surface area contributed by atoms with Gasteiger partial charge >= 0.3 is 0 Å². The zero-order chi connectivity index (χ0) is 23.1. The van der Waals surface area contributed by atoms with E-state index >= 15 is 0 Å². The first kappa shape index (κ1) is 23.5. The van der Waals surface area contributed by atoms with Gasteiger partial charge in [0.2, 0.25) is 0 Å². The van der Waals surface area contributed by atoms with Crippen molar-refractivity contribution in [2.45, 2.75) is 18.9 Å². The molecule has 11 heteroatoms. The summed E-state index contributed by atoms with van der Waals surface area (Å²) in [7, 11) is 0. The van der Waals surface area contributed by atoms with Crippen molar-refractivity contribution < 1.29 is 13.6 Å². The molecule has 1 aliphatic heterocycles. The summed E-state index contributed by atoms with van der Waals surface area (Å²) in [5, 5.41) is 8.44. The fraction of sp³-hybridized carbons (Fsp3) is 0.217. The Bertz CT molecular complexity index is 1420. The second-order valence-electron chi connectivity index (χ2n) is 8.11. The number of pyridine rings is 1. The fourth-order valence-corrected chi connectivity index (χ4v) is 4.04. The van der Waals surface area contributed by atoms with Gasteiger partial charge in [0.25, 0.3) is 11.5 Å². The molecule has 0 radical (unpaired) electrons. The van der Waals surface area contributed by atoms with E-state index in [1.807, 2.05) is 0 Å². The number of H-pyrrole nitrogens is 1. The van der Waals surface area contributed by atoms with Gasteiger partial charge in [0.15, 0.2) is 11.6 Å². The van der Waals surface area contributed by atoms with Crippen LogP contribution < -0.4 is 11.3 Å². The number of hydrogen-bond acceptors (Lipinski definition) is 5. The molecule has 4 aromatic rings. The summed E-state index contributed by atoms with van der Waals surface area (Å²) in [6.45, 7) is 1.24. The molecule has 176 valence electrons. The molecule has 0 saturated carbocycles. The first-order valence-corrected chi connectivity index (χ1v) is 10.5.